The smallest absolute Gasteiger partial charge is 0.277 e. The van der Waals surface area contributed by atoms with E-state index < -0.39 is 0 Å². The van der Waals surface area contributed by atoms with Crippen molar-refractivity contribution in [3.63, 3.8) is 0 Å². The minimum absolute atomic E-state index is 0.141. The van der Waals surface area contributed by atoms with Gasteiger partial charge in [-0.1, -0.05) is 41.4 Å². The first kappa shape index (κ1) is 17.8. The second-order valence-corrected chi connectivity index (χ2v) is 7.18. The summed E-state index contributed by atoms with van der Waals surface area (Å²) in [7, 11) is 0. The molecule has 1 N–H and O–H groups in total. The molecule has 0 fully saturated rings. The monoisotopic (exact) mass is 398 g/mol. The van der Waals surface area contributed by atoms with Gasteiger partial charge in [0.05, 0.1) is 0 Å². The van der Waals surface area contributed by atoms with E-state index in [2.05, 4.69) is 15.3 Å². The molecule has 1 aromatic heterocycles. The third-order valence-corrected chi connectivity index (χ3v) is 4.76. The van der Waals surface area contributed by atoms with Crippen LogP contribution in [0.5, 0.6) is 0 Å². The van der Waals surface area contributed by atoms with Gasteiger partial charge >= 0.3 is 0 Å². The van der Waals surface area contributed by atoms with Gasteiger partial charge in [-0.15, -0.1) is 0 Å². The van der Waals surface area contributed by atoms with Crippen LogP contribution in [0.4, 0.5) is 17.2 Å². The number of para-hydroxylation sites is 1. The minimum atomic E-state index is -0.141. The van der Waals surface area contributed by atoms with Gasteiger partial charge in [-0.05, 0) is 43.2 Å². The van der Waals surface area contributed by atoms with Crippen LogP contribution in [0, 0.1) is 6.92 Å². The SMILES string of the molecule is Cc1nc(Nc2cc(Cl)cc(Cl)c2)cc(C(=O)N2CCc3ccccc32)n1. The average molecular weight is 399 g/mol. The standard InChI is InChI=1S/C20H16Cl2N4O/c1-12-23-17(20(27)26-7-6-13-4-2-3-5-18(13)26)11-19(24-12)25-16-9-14(21)8-15(22)10-16/h2-5,8-11H,6-7H2,1H3,(H,23,24,25). The van der Waals surface area contributed by atoms with Crippen molar-refractivity contribution < 1.29 is 4.79 Å². The molecule has 3 aromatic rings. The van der Waals surface area contributed by atoms with E-state index in [9.17, 15) is 4.79 Å². The van der Waals surface area contributed by atoms with Crippen molar-refractivity contribution in [1.82, 2.24) is 9.97 Å². The zero-order valence-corrected chi connectivity index (χ0v) is 16.1. The summed E-state index contributed by atoms with van der Waals surface area (Å²) in [4.78, 5) is 23.5. The maximum absolute atomic E-state index is 13.0. The highest BCUT2D eigenvalue weighted by atomic mass is 35.5. The number of carbonyl (C=O) groups is 1. The number of aryl methyl sites for hydroxylation is 1. The summed E-state index contributed by atoms with van der Waals surface area (Å²) in [6.07, 6.45) is 0.845. The normalized spacial score (nSPS) is 12.8. The summed E-state index contributed by atoms with van der Waals surface area (Å²) in [5.74, 6) is 0.873. The average Bonchev–Trinajstić information content (AvgIpc) is 3.03. The Balaban J connectivity index is 1.64. The van der Waals surface area contributed by atoms with E-state index in [0.717, 1.165) is 12.1 Å². The molecule has 27 heavy (non-hydrogen) atoms. The Hall–Kier alpha value is -2.63. The summed E-state index contributed by atoms with van der Waals surface area (Å²) in [6.45, 7) is 2.40. The summed E-state index contributed by atoms with van der Waals surface area (Å²) >= 11 is 12.1. The number of carbonyl (C=O) groups excluding carboxylic acids is 1. The molecule has 0 spiro atoms. The zero-order valence-electron chi connectivity index (χ0n) is 14.5. The molecule has 0 radical (unpaired) electrons. The van der Waals surface area contributed by atoms with Gasteiger partial charge in [-0.25, -0.2) is 9.97 Å². The Kier molecular flexibility index (Phi) is 4.72. The first-order valence-corrected chi connectivity index (χ1v) is 9.24. The number of benzene rings is 2. The van der Waals surface area contributed by atoms with Crippen LogP contribution in [0.25, 0.3) is 0 Å². The topological polar surface area (TPSA) is 58.1 Å². The molecule has 2 heterocycles. The number of nitrogens with zero attached hydrogens (tertiary/aromatic N) is 3. The number of amides is 1. The molecule has 4 rings (SSSR count). The number of fused-ring (bicyclic) bond motifs is 1. The zero-order chi connectivity index (χ0) is 19.0. The Morgan fingerprint density at radius 1 is 1.07 bits per heavy atom. The molecule has 0 unspecified atom stereocenters. The second-order valence-electron chi connectivity index (χ2n) is 6.30. The van der Waals surface area contributed by atoms with Gasteiger partial charge < -0.3 is 10.2 Å². The lowest BCUT2D eigenvalue weighted by Gasteiger charge is -2.17. The molecule has 2 aromatic carbocycles. The van der Waals surface area contributed by atoms with Crippen LogP contribution in [0.1, 0.15) is 21.9 Å². The van der Waals surface area contributed by atoms with Crippen LogP contribution < -0.4 is 10.2 Å². The molecule has 1 aliphatic rings. The van der Waals surface area contributed by atoms with Gasteiger partial charge in [0.2, 0.25) is 0 Å². The summed E-state index contributed by atoms with van der Waals surface area (Å²) < 4.78 is 0. The Bertz CT molecular complexity index is 1020. The largest absolute Gasteiger partial charge is 0.340 e. The van der Waals surface area contributed by atoms with E-state index in [0.29, 0.717) is 39.6 Å². The molecule has 1 aliphatic heterocycles. The maximum Gasteiger partial charge on any atom is 0.277 e. The lowest BCUT2D eigenvalue weighted by Crippen LogP contribution is -2.30. The molecule has 136 valence electrons. The van der Waals surface area contributed by atoms with Crippen LogP contribution in [-0.4, -0.2) is 22.4 Å². The molecule has 7 heteroatoms. The quantitative estimate of drug-likeness (QED) is 0.671. The van der Waals surface area contributed by atoms with Crippen molar-refractivity contribution >= 4 is 46.3 Å². The highest BCUT2D eigenvalue weighted by molar-refractivity contribution is 6.35. The first-order chi connectivity index (χ1) is 13.0. The Morgan fingerprint density at radius 3 is 2.59 bits per heavy atom. The first-order valence-electron chi connectivity index (χ1n) is 8.48. The fourth-order valence-corrected chi connectivity index (χ4v) is 3.73. The summed E-state index contributed by atoms with van der Waals surface area (Å²) in [5, 5.41) is 4.17. The predicted molar refractivity (Wildman–Crippen MR) is 108 cm³/mol. The molecular formula is C20H16Cl2N4O. The van der Waals surface area contributed by atoms with Crippen LogP contribution in [0.2, 0.25) is 10.0 Å². The highest BCUT2D eigenvalue weighted by Crippen LogP contribution is 2.29. The Morgan fingerprint density at radius 2 is 1.81 bits per heavy atom. The number of halogens is 2. The Labute approximate surface area is 167 Å². The van der Waals surface area contributed by atoms with E-state index >= 15 is 0 Å². The number of rotatable bonds is 3. The van der Waals surface area contributed by atoms with Gasteiger partial charge in [0.25, 0.3) is 5.91 Å². The fraction of sp³-hybridized carbons (Fsp3) is 0.150. The van der Waals surface area contributed by atoms with Crippen molar-refractivity contribution in [2.75, 3.05) is 16.8 Å². The molecule has 0 saturated heterocycles. The van der Waals surface area contributed by atoms with Gasteiger partial charge in [0, 0.05) is 34.0 Å². The molecule has 0 aliphatic carbocycles. The number of anilines is 3. The fourth-order valence-electron chi connectivity index (χ4n) is 3.20. The van der Waals surface area contributed by atoms with E-state index in [4.69, 9.17) is 23.2 Å². The lowest BCUT2D eigenvalue weighted by molar-refractivity contribution is 0.0984. The van der Waals surface area contributed by atoms with Crippen LogP contribution in [0.3, 0.4) is 0 Å². The van der Waals surface area contributed by atoms with Crippen molar-refractivity contribution in [1.29, 1.82) is 0 Å². The number of aromatic nitrogens is 2. The molecule has 0 bridgehead atoms. The molecule has 1 amide bonds. The summed E-state index contributed by atoms with van der Waals surface area (Å²) in [5.41, 5.74) is 3.14. The van der Waals surface area contributed by atoms with Gasteiger partial charge in [0.15, 0.2) is 0 Å². The van der Waals surface area contributed by atoms with Gasteiger partial charge in [-0.3, -0.25) is 4.79 Å². The lowest BCUT2D eigenvalue weighted by atomic mass is 10.2. The van der Waals surface area contributed by atoms with Gasteiger partial charge in [0.1, 0.15) is 17.3 Å². The van der Waals surface area contributed by atoms with Crippen LogP contribution >= 0.6 is 23.2 Å². The third-order valence-electron chi connectivity index (χ3n) is 4.32. The maximum atomic E-state index is 13.0. The minimum Gasteiger partial charge on any atom is -0.340 e. The van der Waals surface area contributed by atoms with Crippen molar-refractivity contribution in [2.24, 2.45) is 0 Å². The predicted octanol–water partition coefficient (Wildman–Crippen LogP) is 5.04. The van der Waals surface area contributed by atoms with Gasteiger partial charge in [-0.2, -0.15) is 0 Å². The van der Waals surface area contributed by atoms with Crippen molar-refractivity contribution in [2.45, 2.75) is 13.3 Å². The molecular weight excluding hydrogens is 383 g/mol. The van der Waals surface area contributed by atoms with Crippen molar-refractivity contribution in [3.05, 3.63) is 75.7 Å². The van der Waals surface area contributed by atoms with E-state index in [1.165, 1.54) is 5.56 Å². The summed E-state index contributed by atoms with van der Waals surface area (Å²) in [6, 6.07) is 14.7. The van der Waals surface area contributed by atoms with E-state index in [-0.39, 0.29) is 5.91 Å². The number of hydrogen-bond acceptors (Lipinski definition) is 4. The molecule has 5 nitrogen and oxygen atoms in total. The molecule has 0 atom stereocenters. The number of hydrogen-bond donors (Lipinski definition) is 1. The van der Waals surface area contributed by atoms with E-state index in [1.54, 1.807) is 36.1 Å². The molecule has 0 saturated carbocycles. The van der Waals surface area contributed by atoms with E-state index in [1.807, 2.05) is 24.3 Å². The van der Waals surface area contributed by atoms with Crippen LogP contribution in [-0.2, 0) is 6.42 Å². The van der Waals surface area contributed by atoms with Crippen molar-refractivity contribution in [3.8, 4) is 0 Å². The number of nitrogens with one attached hydrogen (secondary N) is 1. The second kappa shape index (κ2) is 7.18. The highest BCUT2D eigenvalue weighted by Gasteiger charge is 2.26. The third kappa shape index (κ3) is 3.75. The van der Waals surface area contributed by atoms with Crippen LogP contribution in [0.15, 0.2) is 48.5 Å².